The number of carbonyl (C=O) groups excluding carboxylic acids is 2. The summed E-state index contributed by atoms with van der Waals surface area (Å²) in [7, 11) is 0. The Morgan fingerprint density at radius 2 is 2.00 bits per heavy atom. The average molecular weight is 347 g/mol. The molecule has 1 aromatic carbocycles. The van der Waals surface area contributed by atoms with Gasteiger partial charge in [0.05, 0.1) is 12.8 Å². The van der Waals surface area contributed by atoms with Crippen molar-refractivity contribution in [2.24, 2.45) is 0 Å². The van der Waals surface area contributed by atoms with E-state index in [9.17, 15) is 9.59 Å². The molecule has 0 aliphatic rings. The van der Waals surface area contributed by atoms with Crippen LogP contribution in [0.4, 0.5) is 0 Å². The number of nitrogens with zero attached hydrogens (tertiary/aromatic N) is 1. The second-order valence-corrected chi connectivity index (χ2v) is 5.54. The molecule has 0 atom stereocenters. The van der Waals surface area contributed by atoms with Crippen molar-refractivity contribution in [2.45, 2.75) is 13.5 Å². The summed E-state index contributed by atoms with van der Waals surface area (Å²) in [6.45, 7) is 2.66. The second-order valence-electron chi connectivity index (χ2n) is 5.10. The van der Waals surface area contributed by atoms with Gasteiger partial charge in [-0.15, -0.1) is 0 Å². The normalized spacial score (nSPS) is 10.8. The zero-order valence-corrected chi connectivity index (χ0v) is 14.1. The number of furan rings is 1. The number of hydrogen-bond donors (Lipinski definition) is 1. The van der Waals surface area contributed by atoms with Crippen molar-refractivity contribution in [1.29, 1.82) is 0 Å². The van der Waals surface area contributed by atoms with Crippen LogP contribution in [0.3, 0.4) is 0 Å². The third-order valence-electron chi connectivity index (χ3n) is 3.36. The average Bonchev–Trinajstić information content (AvgIpc) is 3.10. The predicted octanol–water partition coefficient (Wildman–Crippen LogP) is 3.11. The molecule has 0 unspecified atom stereocenters. The van der Waals surface area contributed by atoms with Crippen molar-refractivity contribution in [3.63, 3.8) is 0 Å². The van der Waals surface area contributed by atoms with Gasteiger partial charge in [-0.3, -0.25) is 9.59 Å². The maximum atomic E-state index is 12.1. The summed E-state index contributed by atoms with van der Waals surface area (Å²) < 4.78 is 5.13. The first kappa shape index (κ1) is 17.8. The van der Waals surface area contributed by atoms with Crippen molar-refractivity contribution in [2.75, 3.05) is 13.1 Å². The number of amides is 2. The standard InChI is InChI=1S/C18H19ClN2O3/c1-2-21(18(23)10-9-16-4-3-11-24-16)13-17(22)20-12-14-5-7-15(19)8-6-14/h3-11H,2,12-13H2,1H3,(H,20,22)/b10-9+. The number of rotatable bonds is 7. The lowest BCUT2D eigenvalue weighted by atomic mass is 10.2. The Hall–Kier alpha value is -2.53. The van der Waals surface area contributed by atoms with Crippen LogP contribution in [0.15, 0.2) is 53.2 Å². The first-order chi connectivity index (χ1) is 11.6. The number of likely N-dealkylation sites (N-methyl/N-ethyl adjacent to an activating group) is 1. The molecule has 0 saturated heterocycles. The summed E-state index contributed by atoms with van der Waals surface area (Å²) in [4.78, 5) is 25.6. The molecule has 126 valence electrons. The van der Waals surface area contributed by atoms with Crippen LogP contribution in [0.2, 0.25) is 5.02 Å². The molecule has 1 N–H and O–H groups in total. The van der Waals surface area contributed by atoms with Gasteiger partial charge < -0.3 is 14.6 Å². The monoisotopic (exact) mass is 346 g/mol. The Bertz CT molecular complexity index is 694. The largest absolute Gasteiger partial charge is 0.465 e. The predicted molar refractivity (Wildman–Crippen MR) is 93.3 cm³/mol. The summed E-state index contributed by atoms with van der Waals surface area (Å²) in [6.07, 6.45) is 4.51. The summed E-state index contributed by atoms with van der Waals surface area (Å²) in [5, 5.41) is 3.44. The Balaban J connectivity index is 1.83. The Morgan fingerprint density at radius 3 is 2.62 bits per heavy atom. The van der Waals surface area contributed by atoms with Gasteiger partial charge in [0, 0.05) is 24.2 Å². The molecule has 0 spiro atoms. The Morgan fingerprint density at radius 1 is 1.25 bits per heavy atom. The smallest absolute Gasteiger partial charge is 0.247 e. The zero-order chi connectivity index (χ0) is 17.4. The Kier molecular flexibility index (Phi) is 6.63. The van der Waals surface area contributed by atoms with Gasteiger partial charge in [-0.2, -0.15) is 0 Å². The molecule has 6 heteroatoms. The molecule has 1 heterocycles. The summed E-state index contributed by atoms with van der Waals surface area (Å²) in [5.74, 6) is 0.133. The van der Waals surface area contributed by atoms with Gasteiger partial charge in [-0.25, -0.2) is 0 Å². The molecule has 2 amide bonds. The van der Waals surface area contributed by atoms with Crippen molar-refractivity contribution >= 4 is 29.5 Å². The van der Waals surface area contributed by atoms with Gasteiger partial charge in [0.15, 0.2) is 0 Å². The second kappa shape index (κ2) is 8.93. The Labute approximate surface area is 145 Å². The number of hydrogen-bond acceptors (Lipinski definition) is 3. The van der Waals surface area contributed by atoms with Crippen LogP contribution in [0.1, 0.15) is 18.2 Å². The molecule has 24 heavy (non-hydrogen) atoms. The summed E-state index contributed by atoms with van der Waals surface area (Å²) in [5.41, 5.74) is 0.944. The quantitative estimate of drug-likeness (QED) is 0.783. The maximum absolute atomic E-state index is 12.1. The van der Waals surface area contributed by atoms with E-state index in [0.29, 0.717) is 23.9 Å². The maximum Gasteiger partial charge on any atom is 0.247 e. The van der Waals surface area contributed by atoms with Crippen LogP contribution in [0, 0.1) is 0 Å². The minimum atomic E-state index is -0.240. The third-order valence-corrected chi connectivity index (χ3v) is 3.62. The van der Waals surface area contributed by atoms with E-state index in [-0.39, 0.29) is 18.4 Å². The fraction of sp³-hybridized carbons (Fsp3) is 0.222. The van der Waals surface area contributed by atoms with E-state index >= 15 is 0 Å². The van der Waals surface area contributed by atoms with Gasteiger partial charge in [-0.1, -0.05) is 23.7 Å². The fourth-order valence-corrected chi connectivity index (χ4v) is 2.15. The highest BCUT2D eigenvalue weighted by Gasteiger charge is 2.13. The highest BCUT2D eigenvalue weighted by atomic mass is 35.5. The van der Waals surface area contributed by atoms with Crippen molar-refractivity contribution in [3.8, 4) is 0 Å². The molecule has 2 rings (SSSR count). The van der Waals surface area contributed by atoms with E-state index in [2.05, 4.69) is 5.32 Å². The highest BCUT2D eigenvalue weighted by molar-refractivity contribution is 6.30. The van der Waals surface area contributed by atoms with Crippen molar-refractivity contribution in [3.05, 3.63) is 65.1 Å². The molecule has 0 radical (unpaired) electrons. The molecule has 1 aromatic heterocycles. The molecule has 0 aliphatic carbocycles. The lowest BCUT2D eigenvalue weighted by Gasteiger charge is -2.18. The van der Waals surface area contributed by atoms with Gasteiger partial charge in [-0.05, 0) is 42.8 Å². The molecule has 0 aliphatic heterocycles. The van der Waals surface area contributed by atoms with Gasteiger partial charge in [0.1, 0.15) is 5.76 Å². The highest BCUT2D eigenvalue weighted by Crippen LogP contribution is 2.09. The van der Waals surface area contributed by atoms with Gasteiger partial charge >= 0.3 is 0 Å². The van der Waals surface area contributed by atoms with Crippen LogP contribution in [-0.4, -0.2) is 29.8 Å². The van der Waals surface area contributed by atoms with Gasteiger partial charge in [0.2, 0.25) is 11.8 Å². The molecule has 5 nitrogen and oxygen atoms in total. The van der Waals surface area contributed by atoms with E-state index in [1.54, 1.807) is 30.3 Å². The van der Waals surface area contributed by atoms with E-state index in [4.69, 9.17) is 16.0 Å². The van der Waals surface area contributed by atoms with E-state index < -0.39 is 0 Å². The topological polar surface area (TPSA) is 62.6 Å². The van der Waals surface area contributed by atoms with Crippen LogP contribution in [0.5, 0.6) is 0 Å². The number of halogens is 1. The number of nitrogens with one attached hydrogen (secondary N) is 1. The third kappa shape index (κ3) is 5.59. The first-order valence-corrected chi connectivity index (χ1v) is 7.98. The first-order valence-electron chi connectivity index (χ1n) is 7.60. The molecule has 0 bridgehead atoms. The van der Waals surface area contributed by atoms with Gasteiger partial charge in [0.25, 0.3) is 0 Å². The lowest BCUT2D eigenvalue weighted by Crippen LogP contribution is -2.39. The molecule has 0 saturated carbocycles. The summed E-state index contributed by atoms with van der Waals surface area (Å²) in [6, 6.07) is 10.7. The van der Waals surface area contributed by atoms with E-state index in [1.807, 2.05) is 19.1 Å². The van der Waals surface area contributed by atoms with Crippen LogP contribution in [0.25, 0.3) is 6.08 Å². The zero-order valence-electron chi connectivity index (χ0n) is 13.4. The number of carbonyl (C=O) groups is 2. The van der Waals surface area contributed by atoms with Crippen LogP contribution >= 0.6 is 11.6 Å². The SMILES string of the molecule is CCN(CC(=O)NCc1ccc(Cl)cc1)C(=O)/C=C/c1ccco1. The fourth-order valence-electron chi connectivity index (χ4n) is 2.02. The van der Waals surface area contributed by atoms with Crippen LogP contribution < -0.4 is 5.32 Å². The summed E-state index contributed by atoms with van der Waals surface area (Å²) >= 11 is 5.82. The van der Waals surface area contributed by atoms with Crippen molar-refractivity contribution in [1.82, 2.24) is 10.2 Å². The number of benzene rings is 1. The van der Waals surface area contributed by atoms with Crippen molar-refractivity contribution < 1.29 is 14.0 Å². The van der Waals surface area contributed by atoms with E-state index in [0.717, 1.165) is 5.56 Å². The van der Waals surface area contributed by atoms with E-state index in [1.165, 1.54) is 17.2 Å². The molecular formula is C18H19ClN2O3. The molecule has 2 aromatic rings. The minimum absolute atomic E-state index is 0.00537. The minimum Gasteiger partial charge on any atom is -0.465 e. The molecular weight excluding hydrogens is 328 g/mol. The lowest BCUT2D eigenvalue weighted by molar-refractivity contribution is -0.132. The molecule has 0 fully saturated rings. The van der Waals surface area contributed by atoms with Crippen LogP contribution in [-0.2, 0) is 16.1 Å².